The lowest BCUT2D eigenvalue weighted by Gasteiger charge is -2.29. The zero-order chi connectivity index (χ0) is 45.2. The Morgan fingerprint density at radius 3 is 1.07 bits per heavy atom. The van der Waals surface area contributed by atoms with Crippen molar-refractivity contribution in [2.45, 2.75) is 229 Å². The van der Waals surface area contributed by atoms with Gasteiger partial charge in [-0.2, -0.15) is 0 Å². The fourth-order valence-corrected chi connectivity index (χ4v) is 9.48. The molecule has 2 aromatic rings. The van der Waals surface area contributed by atoms with Crippen molar-refractivity contribution in [1.29, 1.82) is 0 Å². The van der Waals surface area contributed by atoms with Crippen LogP contribution in [0.15, 0.2) is 24.7 Å². The first kappa shape index (κ1) is 61.2. The zero-order valence-electron chi connectivity index (χ0n) is 44.1. The van der Waals surface area contributed by atoms with E-state index in [2.05, 4.69) is 173 Å². The predicted molar refractivity (Wildman–Crippen MR) is 263 cm³/mol. The second-order valence-corrected chi connectivity index (χ2v) is 18.9. The third-order valence-electron chi connectivity index (χ3n) is 11.9. The van der Waals surface area contributed by atoms with Crippen molar-refractivity contribution >= 4 is 0 Å². The average molecular weight is 787 g/mol. The molecule has 2 heteroatoms. The lowest BCUT2D eigenvalue weighted by molar-refractivity contribution is 0.198. The van der Waals surface area contributed by atoms with Gasteiger partial charge < -0.3 is 9.13 Å². The van der Waals surface area contributed by atoms with E-state index in [1.54, 1.807) is 0 Å². The van der Waals surface area contributed by atoms with Crippen molar-refractivity contribution in [3.8, 4) is 0 Å². The van der Waals surface area contributed by atoms with Gasteiger partial charge in [0.1, 0.15) is 0 Å². The van der Waals surface area contributed by atoms with Crippen LogP contribution in [0.4, 0.5) is 0 Å². The molecule has 2 heterocycles. The number of hydrogen-bond donors (Lipinski definition) is 0. The summed E-state index contributed by atoms with van der Waals surface area (Å²) < 4.78 is 4.39. The standard InChI is InChI=1S/2C12H24.2C11H19N.4C2H6/c1-8(2)11-6-10(5)7-12(11)9(3)4;1-8(2)11-7-6-10(5)12(11)9(3)4;1-8(2)10-6-12(5)7-11(10)9(3)4;1-8(2)10-6-7-12(5)11(10)9(3)4;4*1-2/h2*8-12H,6-7H2,1-5H3;2*6-9H,1-5H3;4*1-2H3. The topological polar surface area (TPSA) is 9.86 Å². The highest BCUT2D eigenvalue weighted by Gasteiger charge is 2.37. The van der Waals surface area contributed by atoms with Gasteiger partial charge in [0.25, 0.3) is 0 Å². The molecule has 2 aliphatic carbocycles. The molecule has 0 aliphatic heterocycles. The van der Waals surface area contributed by atoms with E-state index >= 15 is 0 Å². The maximum atomic E-state index is 2.44. The molecule has 2 fully saturated rings. The van der Waals surface area contributed by atoms with Crippen LogP contribution in [0.1, 0.15) is 252 Å². The van der Waals surface area contributed by atoms with Gasteiger partial charge in [0.15, 0.2) is 0 Å². The van der Waals surface area contributed by atoms with Gasteiger partial charge in [-0.3, -0.25) is 0 Å². The largest absolute Gasteiger partial charge is 0.357 e. The molecule has 0 bridgehead atoms. The Bertz CT molecular complexity index is 1080. The molecule has 5 unspecified atom stereocenters. The highest BCUT2D eigenvalue weighted by atomic mass is 14.9. The number of rotatable bonds is 8. The maximum Gasteiger partial charge on any atom is 0.0232 e. The minimum atomic E-state index is 0.627. The summed E-state index contributed by atoms with van der Waals surface area (Å²) in [5.41, 5.74) is 5.96. The molecule has 0 amide bonds. The first-order chi connectivity index (χ1) is 26.1. The van der Waals surface area contributed by atoms with Crippen molar-refractivity contribution in [2.75, 3.05) is 0 Å². The first-order valence-corrected chi connectivity index (χ1v) is 24.4. The Morgan fingerprint density at radius 1 is 0.464 bits per heavy atom. The third-order valence-corrected chi connectivity index (χ3v) is 11.9. The van der Waals surface area contributed by atoms with Gasteiger partial charge in [-0.1, -0.05) is 186 Å². The summed E-state index contributed by atoms with van der Waals surface area (Å²) in [6, 6.07) is 2.24. The van der Waals surface area contributed by atoms with E-state index in [1.165, 1.54) is 48.1 Å². The second-order valence-electron chi connectivity index (χ2n) is 18.9. The van der Waals surface area contributed by atoms with Crippen molar-refractivity contribution in [1.82, 2.24) is 9.13 Å². The molecule has 336 valence electrons. The number of nitrogens with zero attached hydrogens (tertiary/aromatic N) is 2. The molecular weight excluding hydrogens is 677 g/mol. The molecule has 2 nitrogen and oxygen atoms in total. The number of aromatic nitrogens is 2. The summed E-state index contributed by atoms with van der Waals surface area (Å²) in [4.78, 5) is 0. The van der Waals surface area contributed by atoms with Crippen molar-refractivity contribution in [3.05, 3.63) is 47.0 Å². The highest BCUT2D eigenvalue weighted by molar-refractivity contribution is 5.30. The molecule has 0 radical (unpaired) electrons. The van der Waals surface area contributed by atoms with Crippen LogP contribution in [0, 0.1) is 59.2 Å². The van der Waals surface area contributed by atoms with Crippen LogP contribution < -0.4 is 0 Å². The minimum absolute atomic E-state index is 0.627. The van der Waals surface area contributed by atoms with Crippen LogP contribution in [0.2, 0.25) is 0 Å². The van der Waals surface area contributed by atoms with Crippen LogP contribution in [-0.4, -0.2) is 9.13 Å². The summed E-state index contributed by atoms with van der Waals surface area (Å²) in [5, 5.41) is 0. The summed E-state index contributed by atoms with van der Waals surface area (Å²) in [7, 11) is 4.22. The first-order valence-electron chi connectivity index (χ1n) is 24.4. The van der Waals surface area contributed by atoms with E-state index in [0.29, 0.717) is 23.7 Å². The fraction of sp³-hybridized carbons (Fsp3) is 0.852. The Morgan fingerprint density at radius 2 is 0.821 bits per heavy atom. The molecule has 56 heavy (non-hydrogen) atoms. The van der Waals surface area contributed by atoms with E-state index in [9.17, 15) is 0 Å². The number of aryl methyl sites for hydroxylation is 2. The average Bonchev–Trinajstić information content (AvgIpc) is 3.94. The summed E-state index contributed by atoms with van der Waals surface area (Å²) in [5.74, 6) is 12.0. The zero-order valence-corrected chi connectivity index (χ0v) is 44.1. The van der Waals surface area contributed by atoms with Crippen LogP contribution >= 0.6 is 0 Å². The SMILES string of the molecule is CC.CC.CC.CC.CC(C)C1CCC(C)C1C(C)C.CC(C)c1ccn(C)c1C(C)C.CC(C)c1cn(C)cc1C(C)C.CC1CC(C(C)C)C(C(C)C)C1. The molecule has 2 aliphatic rings. The van der Waals surface area contributed by atoms with E-state index in [-0.39, 0.29) is 0 Å². The quantitative estimate of drug-likeness (QED) is 0.252. The second kappa shape index (κ2) is 33.4. The minimum Gasteiger partial charge on any atom is -0.357 e. The van der Waals surface area contributed by atoms with E-state index in [1.807, 2.05) is 55.4 Å². The van der Waals surface area contributed by atoms with Gasteiger partial charge in [-0.05, 0) is 125 Å². The van der Waals surface area contributed by atoms with Crippen LogP contribution in [0.5, 0.6) is 0 Å². The molecule has 5 atom stereocenters. The lowest BCUT2D eigenvalue weighted by atomic mass is 9.76. The third kappa shape index (κ3) is 21.5. The number of hydrogen-bond acceptors (Lipinski definition) is 0. The van der Waals surface area contributed by atoms with Gasteiger partial charge in [0, 0.05) is 38.4 Å². The molecule has 2 aromatic heterocycles. The van der Waals surface area contributed by atoms with Gasteiger partial charge in [0.05, 0.1) is 0 Å². The summed E-state index contributed by atoms with van der Waals surface area (Å²) in [6.45, 7) is 58.0. The Labute approximate surface area is 357 Å². The van der Waals surface area contributed by atoms with Crippen molar-refractivity contribution < 1.29 is 0 Å². The Kier molecular flexibility index (Phi) is 36.5. The van der Waals surface area contributed by atoms with Gasteiger partial charge >= 0.3 is 0 Å². The van der Waals surface area contributed by atoms with E-state index < -0.39 is 0 Å². The van der Waals surface area contributed by atoms with Gasteiger partial charge in [-0.25, -0.2) is 0 Å². The molecule has 2 saturated carbocycles. The Balaban J connectivity index is -0.000000303. The molecule has 0 spiro atoms. The molecule has 0 aromatic carbocycles. The molecule has 0 saturated heterocycles. The molecular formula is C54H110N2. The van der Waals surface area contributed by atoms with Crippen LogP contribution in [0.25, 0.3) is 0 Å². The lowest BCUT2D eigenvalue weighted by Crippen LogP contribution is -2.22. The van der Waals surface area contributed by atoms with Gasteiger partial charge in [0.2, 0.25) is 0 Å². The molecule has 4 rings (SSSR count). The van der Waals surface area contributed by atoms with E-state index in [0.717, 1.165) is 59.2 Å². The highest BCUT2D eigenvalue weighted by Crippen LogP contribution is 2.45. The van der Waals surface area contributed by atoms with Gasteiger partial charge in [-0.15, -0.1) is 0 Å². The van der Waals surface area contributed by atoms with Crippen LogP contribution in [-0.2, 0) is 14.1 Å². The van der Waals surface area contributed by atoms with Crippen LogP contribution in [0.3, 0.4) is 0 Å². The fourth-order valence-electron chi connectivity index (χ4n) is 9.48. The predicted octanol–water partition coefficient (Wildman–Crippen LogP) is 18.6. The normalized spacial score (nSPS) is 21.1. The summed E-state index contributed by atoms with van der Waals surface area (Å²) in [6.07, 6.45) is 12.5. The summed E-state index contributed by atoms with van der Waals surface area (Å²) >= 11 is 0. The van der Waals surface area contributed by atoms with E-state index in [4.69, 9.17) is 0 Å². The monoisotopic (exact) mass is 787 g/mol. The molecule has 0 N–H and O–H groups in total. The Hall–Kier alpha value is -1.44. The van der Waals surface area contributed by atoms with Crippen molar-refractivity contribution in [3.63, 3.8) is 0 Å². The maximum absolute atomic E-state index is 2.44. The smallest absolute Gasteiger partial charge is 0.0232 e. The van der Waals surface area contributed by atoms with Crippen molar-refractivity contribution in [2.24, 2.45) is 73.3 Å².